The Bertz CT molecular complexity index is 674. The van der Waals surface area contributed by atoms with Crippen molar-refractivity contribution in [3.63, 3.8) is 0 Å². The Morgan fingerprint density at radius 1 is 1.29 bits per heavy atom. The number of aromatic nitrogens is 2. The lowest BCUT2D eigenvalue weighted by molar-refractivity contribution is 0.102. The lowest BCUT2D eigenvalue weighted by atomic mass is 10.1. The fourth-order valence-electron chi connectivity index (χ4n) is 1.90. The summed E-state index contributed by atoms with van der Waals surface area (Å²) in [5, 5.41) is 3.30. The van der Waals surface area contributed by atoms with Gasteiger partial charge in [-0.1, -0.05) is 36.5 Å². The van der Waals surface area contributed by atoms with Crippen LogP contribution >= 0.6 is 23.2 Å². The van der Waals surface area contributed by atoms with Crippen molar-refractivity contribution in [1.82, 2.24) is 9.97 Å². The maximum Gasteiger partial charge on any atom is 0.255 e. The van der Waals surface area contributed by atoms with E-state index < -0.39 is 0 Å². The molecule has 0 unspecified atom stereocenters. The molecule has 110 valence electrons. The molecule has 0 saturated carbocycles. The molecule has 0 atom stereocenters. The summed E-state index contributed by atoms with van der Waals surface area (Å²) < 4.78 is 0. The first-order valence-electron chi connectivity index (χ1n) is 6.59. The molecule has 2 heterocycles. The second-order valence-corrected chi connectivity index (χ2v) is 5.47. The Morgan fingerprint density at radius 3 is 2.76 bits per heavy atom. The predicted molar refractivity (Wildman–Crippen MR) is 85.2 cm³/mol. The molecule has 0 spiro atoms. The SMILES string of the molecule is CCCc1cc(C(=O)Nc2cc(C)cnc2Cl)cc(Cl)n1. The van der Waals surface area contributed by atoms with Crippen LogP contribution in [0.25, 0.3) is 0 Å². The molecule has 0 aliphatic carbocycles. The summed E-state index contributed by atoms with van der Waals surface area (Å²) in [7, 11) is 0. The van der Waals surface area contributed by atoms with Gasteiger partial charge < -0.3 is 5.32 Å². The lowest BCUT2D eigenvalue weighted by Crippen LogP contribution is -2.13. The molecule has 2 aromatic heterocycles. The summed E-state index contributed by atoms with van der Waals surface area (Å²) in [6, 6.07) is 5.04. The highest BCUT2D eigenvalue weighted by Gasteiger charge is 2.12. The van der Waals surface area contributed by atoms with E-state index in [1.807, 2.05) is 13.8 Å². The Labute approximate surface area is 133 Å². The van der Waals surface area contributed by atoms with E-state index in [9.17, 15) is 4.79 Å². The zero-order valence-electron chi connectivity index (χ0n) is 11.8. The Morgan fingerprint density at radius 2 is 2.05 bits per heavy atom. The Hall–Kier alpha value is -1.65. The number of carbonyl (C=O) groups excluding carboxylic acids is 1. The third-order valence-corrected chi connectivity index (χ3v) is 3.33. The van der Waals surface area contributed by atoms with Gasteiger partial charge >= 0.3 is 0 Å². The van der Waals surface area contributed by atoms with Crippen LogP contribution in [-0.2, 0) is 6.42 Å². The fourth-order valence-corrected chi connectivity index (χ4v) is 2.28. The number of hydrogen-bond donors (Lipinski definition) is 1. The molecule has 21 heavy (non-hydrogen) atoms. The average Bonchev–Trinajstić information content (AvgIpc) is 2.42. The van der Waals surface area contributed by atoms with Crippen LogP contribution in [0.15, 0.2) is 24.4 Å². The molecule has 0 aliphatic heterocycles. The van der Waals surface area contributed by atoms with Crippen molar-refractivity contribution in [2.24, 2.45) is 0 Å². The summed E-state index contributed by atoms with van der Waals surface area (Å²) in [4.78, 5) is 20.5. The first kappa shape index (κ1) is 15.7. The van der Waals surface area contributed by atoms with Gasteiger partial charge in [-0.15, -0.1) is 0 Å². The summed E-state index contributed by atoms with van der Waals surface area (Å²) in [6.45, 7) is 3.92. The fraction of sp³-hybridized carbons (Fsp3) is 0.267. The summed E-state index contributed by atoms with van der Waals surface area (Å²) in [5.41, 5.74) is 2.64. The van der Waals surface area contributed by atoms with E-state index in [1.54, 1.807) is 18.3 Å². The van der Waals surface area contributed by atoms with Crippen molar-refractivity contribution in [2.75, 3.05) is 5.32 Å². The summed E-state index contributed by atoms with van der Waals surface area (Å²) in [6.07, 6.45) is 3.34. The van der Waals surface area contributed by atoms with Gasteiger partial charge in [0.2, 0.25) is 0 Å². The Balaban J connectivity index is 2.25. The molecule has 0 fully saturated rings. The molecule has 4 nitrogen and oxygen atoms in total. The van der Waals surface area contributed by atoms with Gasteiger partial charge in [0.15, 0.2) is 5.15 Å². The molecule has 0 saturated heterocycles. The molecule has 0 aromatic carbocycles. The predicted octanol–water partition coefficient (Wildman–Crippen LogP) is 4.30. The second-order valence-electron chi connectivity index (χ2n) is 4.73. The van der Waals surface area contributed by atoms with Gasteiger partial charge in [-0.25, -0.2) is 9.97 Å². The van der Waals surface area contributed by atoms with Crippen LogP contribution in [0.3, 0.4) is 0 Å². The van der Waals surface area contributed by atoms with E-state index in [-0.39, 0.29) is 11.1 Å². The first-order chi connectivity index (χ1) is 9.99. The van der Waals surface area contributed by atoms with Crippen molar-refractivity contribution >= 4 is 34.8 Å². The normalized spacial score (nSPS) is 10.5. The largest absolute Gasteiger partial charge is 0.319 e. The molecule has 6 heteroatoms. The highest BCUT2D eigenvalue weighted by Crippen LogP contribution is 2.21. The molecular formula is C15H15Cl2N3O. The minimum atomic E-state index is -0.286. The molecule has 2 aromatic rings. The number of rotatable bonds is 4. The number of nitrogens with zero attached hydrogens (tertiary/aromatic N) is 2. The van der Waals surface area contributed by atoms with Gasteiger partial charge in [-0.3, -0.25) is 4.79 Å². The van der Waals surface area contributed by atoms with Crippen LogP contribution in [0.2, 0.25) is 10.3 Å². The summed E-state index contributed by atoms with van der Waals surface area (Å²) in [5.74, 6) is -0.286. The van der Waals surface area contributed by atoms with Crippen LogP contribution in [0.4, 0.5) is 5.69 Å². The van der Waals surface area contributed by atoms with Crippen LogP contribution in [0.5, 0.6) is 0 Å². The zero-order chi connectivity index (χ0) is 15.4. The standard InChI is InChI=1S/C15H15Cl2N3O/c1-3-4-11-6-10(7-13(16)19-11)15(21)20-12-5-9(2)8-18-14(12)17/h5-8H,3-4H2,1-2H3,(H,20,21). The topological polar surface area (TPSA) is 54.9 Å². The van der Waals surface area contributed by atoms with Crippen molar-refractivity contribution < 1.29 is 4.79 Å². The van der Waals surface area contributed by atoms with E-state index in [0.717, 1.165) is 24.1 Å². The van der Waals surface area contributed by atoms with E-state index in [4.69, 9.17) is 23.2 Å². The number of hydrogen-bond acceptors (Lipinski definition) is 3. The van der Waals surface area contributed by atoms with Crippen molar-refractivity contribution in [2.45, 2.75) is 26.7 Å². The van der Waals surface area contributed by atoms with E-state index in [1.165, 1.54) is 6.07 Å². The molecule has 2 rings (SSSR count). The van der Waals surface area contributed by atoms with Gasteiger partial charge in [0.1, 0.15) is 5.15 Å². The highest BCUT2D eigenvalue weighted by molar-refractivity contribution is 6.33. The maximum atomic E-state index is 12.3. The maximum absolute atomic E-state index is 12.3. The van der Waals surface area contributed by atoms with Crippen LogP contribution < -0.4 is 5.32 Å². The number of anilines is 1. The molecule has 0 bridgehead atoms. The first-order valence-corrected chi connectivity index (χ1v) is 7.35. The van der Waals surface area contributed by atoms with E-state index in [2.05, 4.69) is 15.3 Å². The number of carbonyl (C=O) groups is 1. The van der Waals surface area contributed by atoms with Crippen LogP contribution in [0, 0.1) is 6.92 Å². The quantitative estimate of drug-likeness (QED) is 0.853. The van der Waals surface area contributed by atoms with Gasteiger partial charge in [0.25, 0.3) is 5.91 Å². The second kappa shape index (κ2) is 6.87. The molecule has 0 radical (unpaired) electrons. The third kappa shape index (κ3) is 4.16. The van der Waals surface area contributed by atoms with Crippen LogP contribution in [-0.4, -0.2) is 15.9 Å². The highest BCUT2D eigenvalue weighted by atomic mass is 35.5. The monoisotopic (exact) mass is 323 g/mol. The number of aryl methyl sites for hydroxylation is 2. The zero-order valence-corrected chi connectivity index (χ0v) is 13.3. The van der Waals surface area contributed by atoms with Gasteiger partial charge in [-0.05, 0) is 37.1 Å². The minimum absolute atomic E-state index is 0.253. The van der Waals surface area contributed by atoms with Gasteiger partial charge in [0, 0.05) is 17.5 Å². The minimum Gasteiger partial charge on any atom is -0.319 e. The number of halogens is 2. The lowest BCUT2D eigenvalue weighted by Gasteiger charge is -2.09. The van der Waals surface area contributed by atoms with Gasteiger partial charge in [-0.2, -0.15) is 0 Å². The summed E-state index contributed by atoms with van der Waals surface area (Å²) >= 11 is 11.9. The van der Waals surface area contributed by atoms with Crippen LogP contribution in [0.1, 0.15) is 35.0 Å². The average molecular weight is 324 g/mol. The third-order valence-electron chi connectivity index (χ3n) is 2.84. The molecule has 1 N–H and O–H groups in total. The van der Waals surface area contributed by atoms with Crippen molar-refractivity contribution in [1.29, 1.82) is 0 Å². The van der Waals surface area contributed by atoms with Gasteiger partial charge in [0.05, 0.1) is 5.69 Å². The molecule has 0 aliphatic rings. The van der Waals surface area contributed by atoms with E-state index >= 15 is 0 Å². The van der Waals surface area contributed by atoms with Crippen molar-refractivity contribution in [3.8, 4) is 0 Å². The number of nitrogens with one attached hydrogen (secondary N) is 1. The number of pyridine rings is 2. The van der Waals surface area contributed by atoms with E-state index in [0.29, 0.717) is 16.4 Å². The number of amides is 1. The van der Waals surface area contributed by atoms with Crippen molar-refractivity contribution in [3.05, 3.63) is 51.5 Å². The smallest absolute Gasteiger partial charge is 0.255 e. The molecule has 1 amide bonds. The molecular weight excluding hydrogens is 309 g/mol. The Kier molecular flexibility index (Phi) is 5.15.